The van der Waals surface area contributed by atoms with E-state index in [0.29, 0.717) is 63.8 Å². The van der Waals surface area contributed by atoms with E-state index in [1.165, 1.54) is 0 Å². The molecule has 1 fully saturated rings. The van der Waals surface area contributed by atoms with Gasteiger partial charge in [-0.15, -0.1) is 0 Å². The SMILES string of the molecule is O=C(Nc1ccc(N2CCN(C(=O)c3ccc(Cl)cc3)CC2)cc1)c1ccc(-c2ccc(Cl)cc2Cl)o1. The summed E-state index contributed by atoms with van der Waals surface area (Å²) in [4.78, 5) is 29.5. The van der Waals surface area contributed by atoms with Crippen molar-refractivity contribution in [2.24, 2.45) is 0 Å². The second kappa shape index (κ2) is 10.9. The molecule has 0 atom stereocenters. The molecule has 0 bridgehead atoms. The Morgan fingerprint density at radius 1 is 0.757 bits per heavy atom. The number of furan rings is 1. The Morgan fingerprint density at radius 2 is 1.43 bits per heavy atom. The summed E-state index contributed by atoms with van der Waals surface area (Å²) in [5.74, 6) is 0.301. The highest BCUT2D eigenvalue weighted by molar-refractivity contribution is 6.36. The minimum Gasteiger partial charge on any atom is -0.451 e. The van der Waals surface area contributed by atoms with Crippen molar-refractivity contribution in [1.82, 2.24) is 4.90 Å². The van der Waals surface area contributed by atoms with Crippen LogP contribution in [0.4, 0.5) is 11.4 Å². The van der Waals surface area contributed by atoms with Gasteiger partial charge >= 0.3 is 0 Å². The Kier molecular flexibility index (Phi) is 7.42. The number of amides is 2. The summed E-state index contributed by atoms with van der Waals surface area (Å²) < 4.78 is 5.72. The van der Waals surface area contributed by atoms with Crippen LogP contribution in [0.1, 0.15) is 20.9 Å². The first-order chi connectivity index (χ1) is 17.9. The molecule has 0 saturated carbocycles. The number of benzene rings is 3. The third kappa shape index (κ3) is 5.77. The fraction of sp³-hybridized carbons (Fsp3) is 0.143. The number of anilines is 2. The minimum atomic E-state index is -0.363. The van der Waals surface area contributed by atoms with Crippen LogP contribution in [0.25, 0.3) is 11.3 Å². The molecule has 3 aromatic carbocycles. The first-order valence-electron chi connectivity index (χ1n) is 11.6. The highest BCUT2D eigenvalue weighted by Gasteiger charge is 2.22. The molecule has 5 rings (SSSR count). The number of hydrogen-bond donors (Lipinski definition) is 1. The Bertz CT molecular complexity index is 1430. The topological polar surface area (TPSA) is 65.8 Å². The van der Waals surface area contributed by atoms with Crippen LogP contribution in [0.3, 0.4) is 0 Å². The molecule has 2 amide bonds. The highest BCUT2D eigenvalue weighted by Crippen LogP contribution is 2.32. The molecule has 0 unspecified atom stereocenters. The number of rotatable bonds is 5. The quantitative estimate of drug-likeness (QED) is 0.285. The lowest BCUT2D eigenvalue weighted by Gasteiger charge is -2.36. The van der Waals surface area contributed by atoms with Gasteiger partial charge in [-0.25, -0.2) is 0 Å². The van der Waals surface area contributed by atoms with Crippen LogP contribution in [0.5, 0.6) is 0 Å². The molecule has 188 valence electrons. The van der Waals surface area contributed by atoms with E-state index < -0.39 is 0 Å². The van der Waals surface area contributed by atoms with Crippen molar-refractivity contribution in [3.8, 4) is 11.3 Å². The van der Waals surface area contributed by atoms with Crippen LogP contribution in [0, 0.1) is 0 Å². The maximum absolute atomic E-state index is 12.7. The first kappa shape index (κ1) is 25.2. The molecule has 0 aliphatic carbocycles. The molecule has 1 aromatic heterocycles. The lowest BCUT2D eigenvalue weighted by molar-refractivity contribution is 0.0746. The van der Waals surface area contributed by atoms with Crippen molar-refractivity contribution in [1.29, 1.82) is 0 Å². The van der Waals surface area contributed by atoms with Crippen LogP contribution in [-0.2, 0) is 0 Å². The largest absolute Gasteiger partial charge is 0.451 e. The summed E-state index contributed by atoms with van der Waals surface area (Å²) in [5, 5.41) is 4.43. The van der Waals surface area contributed by atoms with E-state index in [1.807, 2.05) is 29.2 Å². The van der Waals surface area contributed by atoms with Crippen LogP contribution >= 0.6 is 34.8 Å². The van der Waals surface area contributed by atoms with E-state index in [-0.39, 0.29) is 17.6 Å². The van der Waals surface area contributed by atoms with Gasteiger partial charge in [0, 0.05) is 58.7 Å². The summed E-state index contributed by atoms with van der Waals surface area (Å²) in [7, 11) is 0. The number of nitrogens with zero attached hydrogens (tertiary/aromatic N) is 2. The second-order valence-corrected chi connectivity index (χ2v) is 9.86. The van der Waals surface area contributed by atoms with Crippen molar-refractivity contribution < 1.29 is 14.0 Å². The number of carbonyl (C=O) groups is 2. The lowest BCUT2D eigenvalue weighted by atomic mass is 10.1. The predicted octanol–water partition coefficient (Wildman–Crippen LogP) is 7.12. The lowest BCUT2D eigenvalue weighted by Crippen LogP contribution is -2.48. The van der Waals surface area contributed by atoms with Gasteiger partial charge in [0.2, 0.25) is 0 Å². The molecule has 6 nitrogen and oxygen atoms in total. The van der Waals surface area contributed by atoms with Crippen LogP contribution in [-0.4, -0.2) is 42.9 Å². The van der Waals surface area contributed by atoms with Gasteiger partial charge in [-0.05, 0) is 78.9 Å². The van der Waals surface area contributed by atoms with Crippen molar-refractivity contribution in [3.63, 3.8) is 0 Å². The summed E-state index contributed by atoms with van der Waals surface area (Å²) in [6.45, 7) is 2.68. The van der Waals surface area contributed by atoms with Crippen molar-refractivity contribution >= 4 is 58.0 Å². The Hall–Kier alpha value is -3.45. The zero-order valence-electron chi connectivity index (χ0n) is 19.6. The van der Waals surface area contributed by atoms with Crippen LogP contribution < -0.4 is 10.2 Å². The Balaban J connectivity index is 1.17. The van der Waals surface area contributed by atoms with Gasteiger partial charge in [0.05, 0.1) is 5.02 Å². The molecule has 0 spiro atoms. The molecule has 1 aliphatic heterocycles. The third-order valence-corrected chi connectivity index (χ3v) is 6.97. The number of piperazine rings is 1. The van der Waals surface area contributed by atoms with Crippen molar-refractivity contribution in [2.45, 2.75) is 0 Å². The third-order valence-electron chi connectivity index (χ3n) is 6.17. The molecule has 2 heterocycles. The number of hydrogen-bond acceptors (Lipinski definition) is 4. The Labute approximate surface area is 229 Å². The summed E-state index contributed by atoms with van der Waals surface area (Å²) >= 11 is 18.1. The molecule has 1 aliphatic rings. The van der Waals surface area contributed by atoms with E-state index in [2.05, 4.69) is 10.2 Å². The molecule has 0 radical (unpaired) electrons. The summed E-state index contributed by atoms with van der Waals surface area (Å²) in [6, 6.07) is 22.9. The maximum atomic E-state index is 12.7. The van der Waals surface area contributed by atoms with E-state index in [0.717, 1.165) is 5.69 Å². The van der Waals surface area contributed by atoms with Crippen LogP contribution in [0.2, 0.25) is 15.1 Å². The average molecular weight is 555 g/mol. The molecule has 37 heavy (non-hydrogen) atoms. The zero-order chi connectivity index (χ0) is 25.9. The van der Waals surface area contributed by atoms with Gasteiger partial charge in [-0.1, -0.05) is 34.8 Å². The zero-order valence-corrected chi connectivity index (χ0v) is 21.9. The second-order valence-electron chi connectivity index (χ2n) is 8.58. The summed E-state index contributed by atoms with van der Waals surface area (Å²) in [6.07, 6.45) is 0. The van der Waals surface area contributed by atoms with Gasteiger partial charge in [0.25, 0.3) is 11.8 Å². The number of carbonyl (C=O) groups excluding carboxylic acids is 2. The van der Waals surface area contributed by atoms with Crippen molar-refractivity contribution in [3.05, 3.63) is 105 Å². The summed E-state index contributed by atoms with van der Waals surface area (Å²) in [5.41, 5.74) is 2.96. The first-order valence-corrected chi connectivity index (χ1v) is 12.8. The standard InChI is InChI=1S/C28H22Cl3N3O3/c29-19-3-1-18(2-4-19)28(36)34-15-13-33(14-16-34)22-8-6-21(7-9-22)32-27(35)26-12-11-25(37-26)23-10-5-20(30)17-24(23)31/h1-12,17H,13-16H2,(H,32,35). The molecule has 1 saturated heterocycles. The normalized spacial score (nSPS) is 13.5. The molecular weight excluding hydrogens is 533 g/mol. The maximum Gasteiger partial charge on any atom is 0.291 e. The number of nitrogens with one attached hydrogen (secondary N) is 1. The predicted molar refractivity (Wildman–Crippen MR) is 148 cm³/mol. The van der Waals surface area contributed by atoms with Crippen molar-refractivity contribution in [2.75, 3.05) is 36.4 Å². The van der Waals surface area contributed by atoms with E-state index in [9.17, 15) is 9.59 Å². The Morgan fingerprint density at radius 3 is 2.11 bits per heavy atom. The van der Waals surface area contributed by atoms with Gasteiger partial charge in [0.15, 0.2) is 5.76 Å². The van der Waals surface area contributed by atoms with Crippen LogP contribution in [0.15, 0.2) is 83.3 Å². The van der Waals surface area contributed by atoms with E-state index >= 15 is 0 Å². The van der Waals surface area contributed by atoms with E-state index in [1.54, 1.807) is 54.6 Å². The van der Waals surface area contributed by atoms with Gasteiger partial charge in [-0.3, -0.25) is 9.59 Å². The fourth-order valence-corrected chi connectivity index (χ4v) is 4.81. The van der Waals surface area contributed by atoms with Gasteiger partial charge < -0.3 is 19.5 Å². The molecule has 9 heteroatoms. The monoisotopic (exact) mass is 553 g/mol. The van der Waals surface area contributed by atoms with Gasteiger partial charge in [-0.2, -0.15) is 0 Å². The average Bonchev–Trinajstić information content (AvgIpc) is 3.40. The number of halogens is 3. The minimum absolute atomic E-state index is 0.00814. The van der Waals surface area contributed by atoms with E-state index in [4.69, 9.17) is 39.2 Å². The fourth-order valence-electron chi connectivity index (χ4n) is 4.19. The van der Waals surface area contributed by atoms with Gasteiger partial charge in [0.1, 0.15) is 5.76 Å². The highest BCUT2D eigenvalue weighted by atomic mass is 35.5. The smallest absolute Gasteiger partial charge is 0.291 e. The molecule has 1 N–H and O–H groups in total. The molecular formula is C28H22Cl3N3O3. The molecule has 4 aromatic rings.